The molecule has 0 aliphatic rings. The van der Waals surface area contributed by atoms with Crippen LogP contribution in [0.1, 0.15) is 0 Å². The van der Waals surface area contributed by atoms with Gasteiger partial charge in [0, 0.05) is 15.6 Å². The molecule has 0 fully saturated rings. The summed E-state index contributed by atoms with van der Waals surface area (Å²) in [4.78, 5) is 9.14. The van der Waals surface area contributed by atoms with Crippen molar-refractivity contribution in [2.45, 2.75) is 0 Å². The molecule has 0 N–H and O–H groups in total. The van der Waals surface area contributed by atoms with Gasteiger partial charge in [-0.3, -0.25) is 0 Å². The number of fused-ring (bicyclic) bond motifs is 3. The quantitative estimate of drug-likeness (QED) is 0.384. The van der Waals surface area contributed by atoms with Gasteiger partial charge in [-0.25, -0.2) is 9.97 Å². The highest BCUT2D eigenvalue weighted by Crippen LogP contribution is 2.38. The summed E-state index contributed by atoms with van der Waals surface area (Å²) in [6, 6.07) is 27.4. The van der Waals surface area contributed by atoms with E-state index >= 15 is 0 Å². The van der Waals surface area contributed by atoms with Gasteiger partial charge in [-0.05, 0) is 23.3 Å². The fourth-order valence-electron chi connectivity index (χ4n) is 3.21. The topological polar surface area (TPSA) is 25.8 Å². The van der Waals surface area contributed by atoms with Crippen molar-refractivity contribution in [1.82, 2.24) is 9.97 Å². The van der Waals surface area contributed by atoms with Crippen molar-refractivity contribution in [2.24, 2.45) is 0 Å². The van der Waals surface area contributed by atoms with Crippen molar-refractivity contribution in [1.29, 1.82) is 0 Å². The maximum absolute atomic E-state index is 4.61. The molecule has 5 aromatic rings. The zero-order chi connectivity index (χ0) is 16.6. The highest BCUT2D eigenvalue weighted by molar-refractivity contribution is 7.26. The maximum atomic E-state index is 4.61. The van der Waals surface area contributed by atoms with Crippen LogP contribution < -0.4 is 0 Å². The van der Waals surface area contributed by atoms with Gasteiger partial charge in [-0.15, -0.1) is 11.3 Å². The molecule has 0 spiro atoms. The molecular weight excluding hydrogens is 324 g/mol. The standard InChI is InChI=1S/C22H14N2S/c1-2-7-15(8-3-1)16-9-6-10-17(13-16)20-22-21(24-14-23-20)18-11-4-5-12-19(18)25-22/h1-14H. The lowest BCUT2D eigenvalue weighted by Crippen LogP contribution is -1.87. The van der Waals surface area contributed by atoms with E-state index in [2.05, 4.69) is 82.8 Å². The van der Waals surface area contributed by atoms with Crippen LogP contribution in [0.4, 0.5) is 0 Å². The van der Waals surface area contributed by atoms with Crippen LogP contribution in [0.3, 0.4) is 0 Å². The van der Waals surface area contributed by atoms with Gasteiger partial charge in [0.2, 0.25) is 0 Å². The summed E-state index contributed by atoms with van der Waals surface area (Å²) in [5.41, 5.74) is 5.58. The Labute approximate surface area is 149 Å². The summed E-state index contributed by atoms with van der Waals surface area (Å²) < 4.78 is 2.40. The van der Waals surface area contributed by atoms with Crippen LogP contribution >= 0.6 is 11.3 Å². The van der Waals surface area contributed by atoms with Crippen molar-refractivity contribution in [3.63, 3.8) is 0 Å². The first kappa shape index (κ1) is 14.3. The molecule has 0 aliphatic carbocycles. The lowest BCUT2D eigenvalue weighted by molar-refractivity contribution is 1.24. The molecule has 0 unspecified atom stereocenters. The zero-order valence-corrected chi connectivity index (χ0v) is 14.2. The van der Waals surface area contributed by atoms with E-state index in [1.165, 1.54) is 21.2 Å². The summed E-state index contributed by atoms with van der Waals surface area (Å²) in [5, 5.41) is 1.20. The molecule has 0 saturated heterocycles. The third-order valence-corrected chi connectivity index (χ3v) is 5.57. The van der Waals surface area contributed by atoms with Crippen molar-refractivity contribution < 1.29 is 0 Å². The summed E-state index contributed by atoms with van der Waals surface area (Å²) in [5.74, 6) is 0. The second kappa shape index (κ2) is 5.80. The van der Waals surface area contributed by atoms with E-state index in [4.69, 9.17) is 0 Å². The average molecular weight is 338 g/mol. The van der Waals surface area contributed by atoms with Crippen molar-refractivity contribution in [3.8, 4) is 22.4 Å². The minimum absolute atomic E-state index is 1.00. The van der Waals surface area contributed by atoms with E-state index in [1.54, 1.807) is 17.7 Å². The third kappa shape index (κ3) is 2.41. The zero-order valence-electron chi connectivity index (χ0n) is 13.4. The molecule has 3 heteroatoms. The maximum Gasteiger partial charge on any atom is 0.116 e. The first-order chi connectivity index (χ1) is 12.4. The fraction of sp³-hybridized carbons (Fsp3) is 0. The number of benzene rings is 3. The smallest absolute Gasteiger partial charge is 0.116 e. The van der Waals surface area contributed by atoms with Crippen molar-refractivity contribution in [2.75, 3.05) is 0 Å². The van der Waals surface area contributed by atoms with Gasteiger partial charge in [0.05, 0.1) is 15.9 Å². The SMILES string of the molecule is c1ccc(-c2cccc(-c3ncnc4c3sc3ccccc34)c2)cc1. The molecule has 25 heavy (non-hydrogen) atoms. The van der Waals surface area contributed by atoms with E-state index < -0.39 is 0 Å². The Morgan fingerprint density at radius 2 is 1.40 bits per heavy atom. The van der Waals surface area contributed by atoms with Crippen LogP contribution in [0.5, 0.6) is 0 Å². The van der Waals surface area contributed by atoms with E-state index in [9.17, 15) is 0 Å². The number of nitrogens with zero attached hydrogens (tertiary/aromatic N) is 2. The predicted molar refractivity (Wildman–Crippen MR) is 106 cm³/mol. The monoisotopic (exact) mass is 338 g/mol. The normalized spacial score (nSPS) is 11.2. The Morgan fingerprint density at radius 1 is 0.640 bits per heavy atom. The van der Waals surface area contributed by atoms with E-state index in [0.717, 1.165) is 21.5 Å². The molecule has 2 heterocycles. The fourth-order valence-corrected chi connectivity index (χ4v) is 4.37. The molecule has 0 aliphatic heterocycles. The average Bonchev–Trinajstić information content (AvgIpc) is 3.07. The first-order valence-corrected chi connectivity index (χ1v) is 9.00. The van der Waals surface area contributed by atoms with Gasteiger partial charge < -0.3 is 0 Å². The third-order valence-electron chi connectivity index (χ3n) is 4.40. The van der Waals surface area contributed by atoms with Crippen LogP contribution in [-0.2, 0) is 0 Å². The number of aromatic nitrogens is 2. The first-order valence-electron chi connectivity index (χ1n) is 8.18. The van der Waals surface area contributed by atoms with E-state index in [1.807, 2.05) is 6.07 Å². The van der Waals surface area contributed by atoms with Crippen LogP contribution in [-0.4, -0.2) is 9.97 Å². The minimum atomic E-state index is 1.00. The van der Waals surface area contributed by atoms with Crippen molar-refractivity contribution in [3.05, 3.63) is 85.2 Å². The Bertz CT molecular complexity index is 1190. The van der Waals surface area contributed by atoms with Gasteiger partial charge >= 0.3 is 0 Å². The van der Waals surface area contributed by atoms with Crippen molar-refractivity contribution >= 4 is 31.6 Å². The molecule has 0 radical (unpaired) electrons. The number of hydrogen-bond donors (Lipinski definition) is 0. The highest BCUT2D eigenvalue weighted by Gasteiger charge is 2.12. The Balaban J connectivity index is 1.74. The molecule has 0 bridgehead atoms. The molecule has 0 amide bonds. The molecule has 3 aromatic carbocycles. The minimum Gasteiger partial charge on any atom is -0.235 e. The summed E-state index contributed by atoms with van der Waals surface area (Å²) >= 11 is 1.76. The molecule has 2 aromatic heterocycles. The Kier molecular flexibility index (Phi) is 3.32. The molecule has 118 valence electrons. The van der Waals surface area contributed by atoms with Crippen LogP contribution in [0.2, 0.25) is 0 Å². The predicted octanol–water partition coefficient (Wildman–Crippen LogP) is 6.18. The van der Waals surface area contributed by atoms with E-state index in [0.29, 0.717) is 0 Å². The van der Waals surface area contributed by atoms with Gasteiger partial charge in [0.25, 0.3) is 0 Å². The van der Waals surface area contributed by atoms with Crippen LogP contribution in [0.15, 0.2) is 85.2 Å². The lowest BCUT2D eigenvalue weighted by Gasteiger charge is -2.06. The second-order valence-corrected chi connectivity index (χ2v) is 7.00. The lowest BCUT2D eigenvalue weighted by atomic mass is 10.0. The molecule has 0 atom stereocenters. The van der Waals surface area contributed by atoms with Gasteiger partial charge in [0.15, 0.2) is 0 Å². The Morgan fingerprint density at radius 3 is 2.32 bits per heavy atom. The highest BCUT2D eigenvalue weighted by atomic mass is 32.1. The number of hydrogen-bond acceptors (Lipinski definition) is 3. The molecule has 0 saturated carbocycles. The summed E-state index contributed by atoms with van der Waals surface area (Å²) in [7, 11) is 0. The van der Waals surface area contributed by atoms with Gasteiger partial charge in [0.1, 0.15) is 6.33 Å². The summed E-state index contributed by atoms with van der Waals surface area (Å²) in [6.45, 7) is 0. The second-order valence-electron chi connectivity index (χ2n) is 5.95. The number of thiophene rings is 1. The molecule has 2 nitrogen and oxygen atoms in total. The molecule has 5 rings (SSSR count). The van der Waals surface area contributed by atoms with Crippen LogP contribution in [0.25, 0.3) is 42.7 Å². The molecular formula is C22H14N2S. The van der Waals surface area contributed by atoms with Crippen LogP contribution in [0, 0.1) is 0 Å². The largest absolute Gasteiger partial charge is 0.235 e. The van der Waals surface area contributed by atoms with E-state index in [-0.39, 0.29) is 0 Å². The van der Waals surface area contributed by atoms with Gasteiger partial charge in [-0.1, -0.05) is 66.7 Å². The number of rotatable bonds is 2. The van der Waals surface area contributed by atoms with Gasteiger partial charge in [-0.2, -0.15) is 0 Å². The summed E-state index contributed by atoms with van der Waals surface area (Å²) in [6.07, 6.45) is 1.67. The Hall–Kier alpha value is -3.04.